The highest BCUT2D eigenvalue weighted by molar-refractivity contribution is 7.99. The number of benzene rings is 1. The van der Waals surface area contributed by atoms with E-state index in [0.29, 0.717) is 17.4 Å². The summed E-state index contributed by atoms with van der Waals surface area (Å²) in [6, 6.07) is 7.83. The number of carbonyl (C=O) groups excluding carboxylic acids is 2. The second kappa shape index (κ2) is 9.72. The minimum atomic E-state index is -0.326. The van der Waals surface area contributed by atoms with Gasteiger partial charge in [-0.15, -0.1) is 11.8 Å². The van der Waals surface area contributed by atoms with E-state index >= 15 is 0 Å². The maximum Gasteiger partial charge on any atom is 0.337 e. The quantitative estimate of drug-likeness (QED) is 0.701. The topological polar surface area (TPSA) is 46.6 Å². The highest BCUT2D eigenvalue weighted by Gasteiger charge is 2.23. The summed E-state index contributed by atoms with van der Waals surface area (Å²) < 4.78 is 4.74. The zero-order valence-corrected chi connectivity index (χ0v) is 15.4. The Labute approximate surface area is 148 Å². The molecule has 0 bridgehead atoms. The number of thioether (sulfide) groups is 1. The molecule has 5 heteroatoms. The first-order valence-electron chi connectivity index (χ1n) is 8.70. The van der Waals surface area contributed by atoms with Crippen molar-refractivity contribution in [3.63, 3.8) is 0 Å². The number of amides is 1. The van der Waals surface area contributed by atoms with E-state index in [1.54, 1.807) is 17.8 Å². The van der Waals surface area contributed by atoms with Crippen molar-refractivity contribution < 1.29 is 14.3 Å². The molecule has 2 rings (SSSR count). The SMILES string of the molecule is CCN(C(=O)CSCc1cccc(C(=O)OC)c1)C1CCCCC1. The van der Waals surface area contributed by atoms with Crippen LogP contribution in [0.25, 0.3) is 0 Å². The van der Waals surface area contributed by atoms with E-state index in [1.165, 1.54) is 26.4 Å². The minimum Gasteiger partial charge on any atom is -0.465 e. The molecular formula is C19H27NO3S. The zero-order valence-electron chi connectivity index (χ0n) is 14.6. The van der Waals surface area contributed by atoms with Crippen LogP contribution in [0.2, 0.25) is 0 Å². The third-order valence-corrected chi connectivity index (χ3v) is 5.51. The average Bonchev–Trinajstić information content (AvgIpc) is 2.63. The molecule has 24 heavy (non-hydrogen) atoms. The van der Waals surface area contributed by atoms with E-state index in [2.05, 4.69) is 11.8 Å². The Morgan fingerprint density at radius 2 is 2.00 bits per heavy atom. The summed E-state index contributed by atoms with van der Waals surface area (Å²) in [5, 5.41) is 0. The lowest BCUT2D eigenvalue weighted by Crippen LogP contribution is -2.42. The van der Waals surface area contributed by atoms with Gasteiger partial charge < -0.3 is 9.64 Å². The lowest BCUT2D eigenvalue weighted by Gasteiger charge is -2.33. The van der Waals surface area contributed by atoms with E-state index in [4.69, 9.17) is 4.74 Å². The standard InChI is InChI=1S/C19H27NO3S/c1-3-20(17-10-5-4-6-11-17)18(21)14-24-13-15-8-7-9-16(12-15)19(22)23-2/h7-9,12,17H,3-6,10-11,13-14H2,1-2H3. The van der Waals surface area contributed by atoms with E-state index in [0.717, 1.165) is 30.7 Å². The fourth-order valence-corrected chi connectivity index (χ4v) is 4.13. The summed E-state index contributed by atoms with van der Waals surface area (Å²) in [5.74, 6) is 1.12. The first-order chi connectivity index (χ1) is 11.7. The van der Waals surface area contributed by atoms with E-state index in [-0.39, 0.29) is 11.9 Å². The molecule has 0 N–H and O–H groups in total. The number of esters is 1. The van der Waals surface area contributed by atoms with E-state index < -0.39 is 0 Å². The zero-order chi connectivity index (χ0) is 17.4. The number of carbonyl (C=O) groups is 2. The predicted octanol–water partition coefficient (Wildman–Crippen LogP) is 3.89. The van der Waals surface area contributed by atoms with Gasteiger partial charge in [-0.1, -0.05) is 31.4 Å². The monoisotopic (exact) mass is 349 g/mol. The summed E-state index contributed by atoms with van der Waals surface area (Å²) >= 11 is 1.61. The van der Waals surface area contributed by atoms with Gasteiger partial charge in [0.2, 0.25) is 5.91 Å². The van der Waals surface area contributed by atoms with Gasteiger partial charge in [-0.05, 0) is 37.5 Å². The number of methoxy groups -OCH3 is 1. The highest BCUT2D eigenvalue weighted by atomic mass is 32.2. The van der Waals surface area contributed by atoms with Gasteiger partial charge in [0.05, 0.1) is 18.4 Å². The Balaban J connectivity index is 1.84. The fourth-order valence-electron chi connectivity index (χ4n) is 3.28. The summed E-state index contributed by atoms with van der Waals surface area (Å²) in [5.41, 5.74) is 1.59. The summed E-state index contributed by atoms with van der Waals surface area (Å²) in [6.45, 7) is 2.86. The lowest BCUT2D eigenvalue weighted by molar-refractivity contribution is -0.131. The third kappa shape index (κ3) is 5.26. The molecule has 1 fully saturated rings. The van der Waals surface area contributed by atoms with Crippen LogP contribution < -0.4 is 0 Å². The van der Waals surface area contributed by atoms with Crippen molar-refractivity contribution >= 4 is 23.6 Å². The molecular weight excluding hydrogens is 322 g/mol. The fraction of sp³-hybridized carbons (Fsp3) is 0.579. The number of ether oxygens (including phenoxy) is 1. The van der Waals surface area contributed by atoms with Gasteiger partial charge in [-0.2, -0.15) is 0 Å². The molecule has 0 heterocycles. The van der Waals surface area contributed by atoms with Gasteiger partial charge >= 0.3 is 5.97 Å². The van der Waals surface area contributed by atoms with Crippen LogP contribution in [-0.4, -0.2) is 42.2 Å². The molecule has 132 valence electrons. The smallest absolute Gasteiger partial charge is 0.337 e. The maximum absolute atomic E-state index is 12.5. The molecule has 1 saturated carbocycles. The van der Waals surface area contributed by atoms with Crippen LogP contribution in [-0.2, 0) is 15.3 Å². The number of rotatable bonds is 7. The van der Waals surface area contributed by atoms with E-state index in [9.17, 15) is 9.59 Å². The normalized spacial score (nSPS) is 15.1. The van der Waals surface area contributed by atoms with Crippen LogP contribution in [0.1, 0.15) is 54.9 Å². The molecule has 0 saturated heterocycles. The van der Waals surface area contributed by atoms with Gasteiger partial charge in [0, 0.05) is 18.3 Å². The first-order valence-corrected chi connectivity index (χ1v) is 9.85. The van der Waals surface area contributed by atoms with Crippen LogP contribution in [0.15, 0.2) is 24.3 Å². The molecule has 1 aliphatic carbocycles. The molecule has 0 atom stereocenters. The van der Waals surface area contributed by atoms with Crippen LogP contribution in [0.3, 0.4) is 0 Å². The Hall–Kier alpha value is -1.49. The Morgan fingerprint density at radius 3 is 2.67 bits per heavy atom. The summed E-state index contributed by atoms with van der Waals surface area (Å²) in [7, 11) is 1.38. The second-order valence-corrected chi connectivity index (χ2v) is 7.14. The summed E-state index contributed by atoms with van der Waals surface area (Å²) in [4.78, 5) is 26.1. The van der Waals surface area contributed by atoms with Gasteiger partial charge in [0.25, 0.3) is 0 Å². The Morgan fingerprint density at radius 1 is 1.25 bits per heavy atom. The summed E-state index contributed by atoms with van der Waals surface area (Å²) in [6.07, 6.45) is 6.06. The molecule has 0 aliphatic heterocycles. The van der Waals surface area contributed by atoms with Gasteiger partial charge in [-0.3, -0.25) is 4.79 Å². The molecule has 1 aliphatic rings. The van der Waals surface area contributed by atoms with Gasteiger partial charge in [0.15, 0.2) is 0 Å². The van der Waals surface area contributed by atoms with Crippen molar-refractivity contribution in [1.82, 2.24) is 4.90 Å². The van der Waals surface area contributed by atoms with Gasteiger partial charge in [-0.25, -0.2) is 4.79 Å². The van der Waals surface area contributed by atoms with Crippen LogP contribution >= 0.6 is 11.8 Å². The molecule has 0 aromatic heterocycles. The average molecular weight is 349 g/mol. The van der Waals surface area contributed by atoms with Crippen LogP contribution in [0.4, 0.5) is 0 Å². The predicted molar refractivity (Wildman–Crippen MR) is 98.2 cm³/mol. The molecule has 1 aromatic carbocycles. The Bertz CT molecular complexity index is 555. The van der Waals surface area contributed by atoms with Crippen molar-refractivity contribution in [1.29, 1.82) is 0 Å². The van der Waals surface area contributed by atoms with Crippen LogP contribution in [0.5, 0.6) is 0 Å². The van der Waals surface area contributed by atoms with Crippen molar-refractivity contribution in [2.24, 2.45) is 0 Å². The molecule has 0 spiro atoms. The number of hydrogen-bond acceptors (Lipinski definition) is 4. The van der Waals surface area contributed by atoms with Crippen molar-refractivity contribution in [3.8, 4) is 0 Å². The number of nitrogens with zero attached hydrogens (tertiary/aromatic N) is 1. The van der Waals surface area contributed by atoms with Gasteiger partial charge in [0.1, 0.15) is 0 Å². The molecule has 1 amide bonds. The molecule has 4 nitrogen and oxygen atoms in total. The minimum absolute atomic E-state index is 0.235. The highest BCUT2D eigenvalue weighted by Crippen LogP contribution is 2.23. The molecule has 1 aromatic rings. The largest absolute Gasteiger partial charge is 0.465 e. The second-order valence-electron chi connectivity index (χ2n) is 6.16. The van der Waals surface area contributed by atoms with Crippen molar-refractivity contribution in [3.05, 3.63) is 35.4 Å². The van der Waals surface area contributed by atoms with Crippen LogP contribution in [0, 0.1) is 0 Å². The first kappa shape index (κ1) is 18.8. The number of hydrogen-bond donors (Lipinski definition) is 0. The van der Waals surface area contributed by atoms with Crippen molar-refractivity contribution in [2.45, 2.75) is 50.8 Å². The molecule has 0 unspecified atom stereocenters. The third-order valence-electron chi connectivity index (χ3n) is 4.52. The maximum atomic E-state index is 12.5. The van der Waals surface area contributed by atoms with E-state index in [1.807, 2.05) is 18.2 Å². The van der Waals surface area contributed by atoms with Crippen molar-refractivity contribution in [2.75, 3.05) is 19.4 Å². The lowest BCUT2D eigenvalue weighted by atomic mass is 9.94. The molecule has 0 radical (unpaired) electrons. The Kier molecular flexibility index (Phi) is 7.63.